The van der Waals surface area contributed by atoms with Gasteiger partial charge in [0.1, 0.15) is 0 Å². The van der Waals surface area contributed by atoms with E-state index in [0.717, 1.165) is 11.8 Å². The molecule has 1 rings (SSSR count). The number of rotatable bonds is 8. The molecule has 0 aliphatic carbocycles. The van der Waals surface area contributed by atoms with E-state index >= 15 is 0 Å². The van der Waals surface area contributed by atoms with Gasteiger partial charge in [-0.3, -0.25) is 0 Å². The highest BCUT2D eigenvalue weighted by Gasteiger charge is 2.13. The Morgan fingerprint density at radius 1 is 0.941 bits per heavy atom. The van der Waals surface area contributed by atoms with E-state index in [1.807, 2.05) is 0 Å². The molecular weight excluding hydrogens is 204 g/mol. The monoisotopic (exact) mass is 232 g/mol. The standard InChI is InChI=1S/C17H28/c1-4-5-6-10-13-17(15(2)3)14-16-11-8-7-9-12-16/h7-9,11-12,15,17H,4-6,10,13-14H2,1-3H3. The minimum absolute atomic E-state index is 0.803. The first kappa shape index (κ1) is 14.3. The Labute approximate surface area is 107 Å². The van der Waals surface area contributed by atoms with Gasteiger partial charge in [0, 0.05) is 0 Å². The molecule has 1 aromatic carbocycles. The highest BCUT2D eigenvalue weighted by Crippen LogP contribution is 2.23. The summed E-state index contributed by atoms with van der Waals surface area (Å²) in [7, 11) is 0. The Balaban J connectivity index is 2.38. The van der Waals surface area contributed by atoms with Crippen molar-refractivity contribution in [3.63, 3.8) is 0 Å². The van der Waals surface area contributed by atoms with E-state index in [1.54, 1.807) is 0 Å². The Bertz CT molecular complexity index is 273. The van der Waals surface area contributed by atoms with Gasteiger partial charge in [0.2, 0.25) is 0 Å². The molecule has 1 aromatic rings. The molecular formula is C17H28. The zero-order valence-electron chi connectivity index (χ0n) is 11.8. The van der Waals surface area contributed by atoms with Crippen molar-refractivity contribution < 1.29 is 0 Å². The lowest BCUT2D eigenvalue weighted by molar-refractivity contribution is 0.343. The van der Waals surface area contributed by atoms with Crippen molar-refractivity contribution in [2.75, 3.05) is 0 Å². The van der Waals surface area contributed by atoms with E-state index in [-0.39, 0.29) is 0 Å². The van der Waals surface area contributed by atoms with Crippen molar-refractivity contribution in [3.05, 3.63) is 35.9 Å². The normalized spacial score (nSPS) is 12.9. The van der Waals surface area contributed by atoms with Gasteiger partial charge >= 0.3 is 0 Å². The number of unbranched alkanes of at least 4 members (excludes halogenated alkanes) is 3. The molecule has 0 amide bonds. The Hall–Kier alpha value is -0.780. The molecule has 0 nitrogen and oxygen atoms in total. The van der Waals surface area contributed by atoms with Crippen LogP contribution in [0.1, 0.15) is 58.4 Å². The van der Waals surface area contributed by atoms with Crippen LogP contribution < -0.4 is 0 Å². The third-order valence-corrected chi connectivity index (χ3v) is 3.71. The van der Waals surface area contributed by atoms with Gasteiger partial charge in [0.05, 0.1) is 0 Å². The molecule has 17 heavy (non-hydrogen) atoms. The van der Waals surface area contributed by atoms with Gasteiger partial charge in [-0.15, -0.1) is 0 Å². The topological polar surface area (TPSA) is 0 Å². The molecule has 0 heterocycles. The van der Waals surface area contributed by atoms with Crippen LogP contribution in [0.25, 0.3) is 0 Å². The molecule has 0 heteroatoms. The van der Waals surface area contributed by atoms with Crippen molar-refractivity contribution in [1.29, 1.82) is 0 Å². The Morgan fingerprint density at radius 2 is 1.65 bits per heavy atom. The van der Waals surface area contributed by atoms with Crippen LogP contribution in [-0.2, 0) is 6.42 Å². The van der Waals surface area contributed by atoms with Gasteiger partial charge in [0.15, 0.2) is 0 Å². The van der Waals surface area contributed by atoms with E-state index in [1.165, 1.54) is 44.1 Å². The fraction of sp³-hybridized carbons (Fsp3) is 0.647. The zero-order chi connectivity index (χ0) is 12.5. The van der Waals surface area contributed by atoms with Crippen LogP contribution in [0.15, 0.2) is 30.3 Å². The Kier molecular flexibility index (Phi) is 7.00. The SMILES string of the molecule is CCCCCCC(Cc1ccccc1)C(C)C. The Morgan fingerprint density at radius 3 is 2.24 bits per heavy atom. The lowest BCUT2D eigenvalue weighted by Crippen LogP contribution is -2.12. The van der Waals surface area contributed by atoms with E-state index in [2.05, 4.69) is 51.1 Å². The maximum Gasteiger partial charge on any atom is -0.0248 e. The van der Waals surface area contributed by atoms with E-state index in [0.29, 0.717) is 0 Å². The highest BCUT2D eigenvalue weighted by atomic mass is 14.2. The maximum absolute atomic E-state index is 2.37. The van der Waals surface area contributed by atoms with E-state index in [9.17, 15) is 0 Å². The van der Waals surface area contributed by atoms with Gasteiger partial charge in [-0.25, -0.2) is 0 Å². The largest absolute Gasteiger partial charge is 0.0654 e. The number of hydrogen-bond donors (Lipinski definition) is 0. The molecule has 0 aromatic heterocycles. The van der Waals surface area contributed by atoms with Crippen molar-refractivity contribution in [3.8, 4) is 0 Å². The molecule has 0 fully saturated rings. The van der Waals surface area contributed by atoms with Crippen LogP contribution in [0.2, 0.25) is 0 Å². The summed E-state index contributed by atoms with van der Waals surface area (Å²) in [6.45, 7) is 7.02. The molecule has 0 bridgehead atoms. The molecule has 1 atom stereocenters. The summed E-state index contributed by atoms with van der Waals surface area (Å²) < 4.78 is 0. The van der Waals surface area contributed by atoms with Crippen molar-refractivity contribution in [2.24, 2.45) is 11.8 Å². The average molecular weight is 232 g/mol. The predicted octanol–water partition coefficient (Wildman–Crippen LogP) is 5.47. The van der Waals surface area contributed by atoms with Crippen molar-refractivity contribution in [2.45, 2.75) is 59.3 Å². The lowest BCUT2D eigenvalue weighted by Gasteiger charge is -2.21. The van der Waals surface area contributed by atoms with Crippen LogP contribution in [0.3, 0.4) is 0 Å². The second kappa shape index (κ2) is 8.33. The zero-order valence-corrected chi connectivity index (χ0v) is 11.8. The molecule has 0 saturated heterocycles. The van der Waals surface area contributed by atoms with E-state index in [4.69, 9.17) is 0 Å². The van der Waals surface area contributed by atoms with Crippen molar-refractivity contribution in [1.82, 2.24) is 0 Å². The first-order valence-corrected chi connectivity index (χ1v) is 7.28. The molecule has 0 aliphatic rings. The second-order valence-corrected chi connectivity index (χ2v) is 5.54. The summed E-state index contributed by atoms with van der Waals surface area (Å²) in [4.78, 5) is 0. The smallest absolute Gasteiger partial charge is 0.0248 e. The summed E-state index contributed by atoms with van der Waals surface area (Å²) in [6, 6.07) is 10.9. The first-order valence-electron chi connectivity index (χ1n) is 7.28. The molecule has 0 spiro atoms. The molecule has 0 aliphatic heterocycles. The lowest BCUT2D eigenvalue weighted by atomic mass is 9.85. The van der Waals surface area contributed by atoms with Crippen LogP contribution in [0, 0.1) is 11.8 Å². The van der Waals surface area contributed by atoms with Crippen molar-refractivity contribution >= 4 is 0 Å². The fourth-order valence-corrected chi connectivity index (χ4v) is 2.42. The quantitative estimate of drug-likeness (QED) is 0.521. The summed E-state index contributed by atoms with van der Waals surface area (Å²) >= 11 is 0. The van der Waals surface area contributed by atoms with Crippen LogP contribution in [0.4, 0.5) is 0 Å². The summed E-state index contributed by atoms with van der Waals surface area (Å²) in [5.41, 5.74) is 1.50. The molecule has 1 unspecified atom stereocenters. The molecule has 96 valence electrons. The number of hydrogen-bond acceptors (Lipinski definition) is 0. The minimum Gasteiger partial charge on any atom is -0.0654 e. The predicted molar refractivity (Wildman–Crippen MR) is 77.2 cm³/mol. The maximum atomic E-state index is 2.37. The summed E-state index contributed by atoms with van der Waals surface area (Å²) in [6.07, 6.45) is 8.20. The highest BCUT2D eigenvalue weighted by molar-refractivity contribution is 5.15. The van der Waals surface area contributed by atoms with Crippen LogP contribution in [-0.4, -0.2) is 0 Å². The fourth-order valence-electron chi connectivity index (χ4n) is 2.42. The van der Waals surface area contributed by atoms with Crippen LogP contribution >= 0.6 is 0 Å². The van der Waals surface area contributed by atoms with Gasteiger partial charge < -0.3 is 0 Å². The first-order chi connectivity index (χ1) is 8.24. The molecule has 0 saturated carbocycles. The summed E-state index contributed by atoms with van der Waals surface area (Å²) in [5.74, 6) is 1.66. The van der Waals surface area contributed by atoms with E-state index < -0.39 is 0 Å². The van der Waals surface area contributed by atoms with Gasteiger partial charge in [-0.1, -0.05) is 76.8 Å². The minimum atomic E-state index is 0.803. The summed E-state index contributed by atoms with van der Waals surface area (Å²) in [5, 5.41) is 0. The van der Waals surface area contributed by atoms with Gasteiger partial charge in [0.25, 0.3) is 0 Å². The van der Waals surface area contributed by atoms with Crippen LogP contribution in [0.5, 0.6) is 0 Å². The van der Waals surface area contributed by atoms with Gasteiger partial charge in [-0.2, -0.15) is 0 Å². The average Bonchev–Trinajstić information content (AvgIpc) is 2.34. The third-order valence-electron chi connectivity index (χ3n) is 3.71. The molecule has 0 N–H and O–H groups in total. The molecule has 0 radical (unpaired) electrons. The van der Waals surface area contributed by atoms with Gasteiger partial charge in [-0.05, 0) is 30.2 Å². The second-order valence-electron chi connectivity index (χ2n) is 5.54. The third kappa shape index (κ3) is 5.91. The number of benzene rings is 1.